The smallest absolute Gasteiger partial charge is 0.123 e. The second kappa shape index (κ2) is 12.5. The molecule has 0 unspecified atom stereocenters. The minimum atomic E-state index is -0.364. The summed E-state index contributed by atoms with van der Waals surface area (Å²) < 4.78 is 56.8. The lowest BCUT2D eigenvalue weighted by Crippen LogP contribution is -1.90. The van der Waals surface area contributed by atoms with Crippen LogP contribution in [0.25, 0.3) is 90.9 Å². The van der Waals surface area contributed by atoms with Crippen molar-refractivity contribution in [3.8, 4) is 44.5 Å². The molecule has 0 amide bonds. The Labute approximate surface area is 295 Å². The quantitative estimate of drug-likeness (QED) is 0.181. The van der Waals surface area contributed by atoms with E-state index in [2.05, 4.69) is 9.97 Å². The molecule has 0 spiro atoms. The number of nitrogens with zero attached hydrogens (tertiary/aromatic N) is 2. The molecule has 2 N–H and O–H groups in total. The summed E-state index contributed by atoms with van der Waals surface area (Å²) in [6.07, 6.45) is 7.63. The molecule has 0 saturated heterocycles. The minimum Gasteiger partial charge on any atom is -0.354 e. The van der Waals surface area contributed by atoms with E-state index in [1.807, 2.05) is 48.6 Å². The Morgan fingerprint density at radius 3 is 0.712 bits per heavy atom. The van der Waals surface area contributed by atoms with E-state index < -0.39 is 0 Å². The molecular formula is C44H26F4N4. The zero-order chi connectivity index (χ0) is 35.3. The van der Waals surface area contributed by atoms with E-state index in [4.69, 9.17) is 9.97 Å². The molecule has 0 fully saturated rings. The molecule has 2 aliphatic heterocycles. The number of nitrogens with one attached hydrogen (secondary N) is 2. The lowest BCUT2D eigenvalue weighted by atomic mass is 10.0. The summed E-state index contributed by atoms with van der Waals surface area (Å²) in [6.45, 7) is 0. The molecular weight excluding hydrogens is 661 g/mol. The number of aromatic nitrogens is 4. The Morgan fingerprint density at radius 1 is 0.288 bits per heavy atom. The molecule has 0 atom stereocenters. The largest absolute Gasteiger partial charge is 0.354 e. The maximum Gasteiger partial charge on any atom is 0.123 e. The number of benzene rings is 4. The predicted molar refractivity (Wildman–Crippen MR) is 200 cm³/mol. The van der Waals surface area contributed by atoms with Crippen LogP contribution in [0.2, 0.25) is 0 Å². The first-order valence-corrected chi connectivity index (χ1v) is 16.6. The predicted octanol–water partition coefficient (Wildman–Crippen LogP) is 11.9. The summed E-state index contributed by atoms with van der Waals surface area (Å²) in [5.74, 6) is -1.45. The van der Waals surface area contributed by atoms with Crippen LogP contribution in [0.4, 0.5) is 17.6 Å². The fourth-order valence-corrected chi connectivity index (χ4v) is 6.89. The van der Waals surface area contributed by atoms with Crippen molar-refractivity contribution in [2.75, 3.05) is 0 Å². The van der Waals surface area contributed by atoms with Gasteiger partial charge in [0.25, 0.3) is 0 Å². The fourth-order valence-electron chi connectivity index (χ4n) is 6.89. The van der Waals surface area contributed by atoms with Crippen LogP contribution in [-0.2, 0) is 0 Å². The van der Waals surface area contributed by atoms with Crippen molar-refractivity contribution >= 4 is 46.4 Å². The highest BCUT2D eigenvalue weighted by molar-refractivity contribution is 5.99. The Balaban J connectivity index is 1.47. The van der Waals surface area contributed by atoms with Gasteiger partial charge in [0.2, 0.25) is 0 Å². The fraction of sp³-hybridized carbons (Fsp3) is 0. The molecule has 4 nitrogen and oxygen atoms in total. The average molecular weight is 687 g/mol. The first-order chi connectivity index (χ1) is 25.4. The third-order valence-electron chi connectivity index (χ3n) is 9.29. The van der Waals surface area contributed by atoms with Crippen LogP contribution in [-0.4, -0.2) is 19.9 Å². The molecule has 0 saturated carbocycles. The first-order valence-electron chi connectivity index (χ1n) is 16.6. The standard InChI is InChI=1S/C44H26F4N4/c45-29-9-1-25(2-10-29)41-33-17-19-35(49-33)42(26-3-11-30(46)12-4-26)37-21-23-39(51-37)44(28-7-15-32(48)16-8-28)40-24-22-38(52-40)43(36-20-18-34(41)50-36)27-5-13-31(47)14-6-27/h1-24,49,52H. The van der Waals surface area contributed by atoms with Crippen molar-refractivity contribution in [2.45, 2.75) is 0 Å². The number of fused-ring (bicyclic) bond motifs is 8. The van der Waals surface area contributed by atoms with Crippen molar-refractivity contribution in [3.63, 3.8) is 0 Å². The van der Waals surface area contributed by atoms with Gasteiger partial charge >= 0.3 is 0 Å². The van der Waals surface area contributed by atoms with E-state index >= 15 is 0 Å². The van der Waals surface area contributed by atoms with Crippen LogP contribution in [0.15, 0.2) is 121 Å². The number of H-pyrrole nitrogens is 2. The number of hydrogen-bond acceptors (Lipinski definition) is 2. The molecule has 8 heteroatoms. The summed E-state index contributed by atoms with van der Waals surface area (Å²) in [5, 5.41) is 0. The summed E-state index contributed by atoms with van der Waals surface area (Å²) in [6, 6.07) is 32.7. The van der Waals surface area contributed by atoms with E-state index in [9.17, 15) is 17.6 Å². The van der Waals surface area contributed by atoms with Gasteiger partial charge in [-0.25, -0.2) is 27.5 Å². The van der Waals surface area contributed by atoms with Gasteiger partial charge in [-0.3, -0.25) is 0 Å². The third-order valence-corrected chi connectivity index (χ3v) is 9.29. The van der Waals surface area contributed by atoms with E-state index in [0.29, 0.717) is 44.8 Å². The maximum absolute atomic E-state index is 14.2. The molecule has 0 aliphatic carbocycles. The second-order valence-electron chi connectivity index (χ2n) is 12.5. The first kappa shape index (κ1) is 31.2. The van der Waals surface area contributed by atoms with Gasteiger partial charge in [-0.2, -0.15) is 0 Å². The number of hydrogen-bond donors (Lipinski definition) is 2. The van der Waals surface area contributed by atoms with Crippen molar-refractivity contribution < 1.29 is 17.6 Å². The number of aromatic amines is 2. The van der Waals surface area contributed by atoms with Crippen molar-refractivity contribution in [2.24, 2.45) is 0 Å². The Kier molecular flexibility index (Phi) is 7.51. The topological polar surface area (TPSA) is 57.4 Å². The Morgan fingerprint density at radius 2 is 0.500 bits per heavy atom. The summed E-state index contributed by atoms with van der Waals surface area (Å²) in [5.41, 5.74) is 11.3. The van der Waals surface area contributed by atoms with Crippen LogP contribution in [0, 0.1) is 23.3 Å². The highest BCUT2D eigenvalue weighted by Crippen LogP contribution is 2.38. The molecule has 5 heterocycles. The third kappa shape index (κ3) is 5.60. The summed E-state index contributed by atoms with van der Waals surface area (Å²) in [4.78, 5) is 17.4. The van der Waals surface area contributed by atoms with Crippen LogP contribution < -0.4 is 0 Å². The van der Waals surface area contributed by atoms with E-state index in [0.717, 1.165) is 44.5 Å². The van der Waals surface area contributed by atoms with Crippen LogP contribution in [0.1, 0.15) is 22.8 Å². The second-order valence-corrected chi connectivity index (χ2v) is 12.5. The average Bonchev–Trinajstić information content (AvgIpc) is 3.99. The van der Waals surface area contributed by atoms with Crippen LogP contribution in [0.3, 0.4) is 0 Å². The van der Waals surface area contributed by atoms with Gasteiger partial charge in [0.15, 0.2) is 0 Å². The van der Waals surface area contributed by atoms with Gasteiger partial charge < -0.3 is 9.97 Å². The normalized spacial score (nSPS) is 12.1. The SMILES string of the molecule is Fc1ccc(-c2c3nc(c(-c4ccc(F)cc4)c4ccc([nH]4)c(-c4ccc(F)cc4)c4nc(c(-c5ccc(F)cc5)c5ccc2[nH]5)C=C4)C=C3)cc1. The van der Waals surface area contributed by atoms with Gasteiger partial charge in [0, 0.05) is 44.3 Å². The van der Waals surface area contributed by atoms with Gasteiger partial charge in [-0.05, 0) is 119 Å². The molecule has 52 heavy (non-hydrogen) atoms. The van der Waals surface area contributed by atoms with E-state index in [1.165, 1.54) is 48.5 Å². The molecule has 0 radical (unpaired) electrons. The zero-order valence-electron chi connectivity index (χ0n) is 27.3. The minimum absolute atomic E-state index is 0.364. The lowest BCUT2D eigenvalue weighted by molar-refractivity contribution is 0.627. The van der Waals surface area contributed by atoms with Gasteiger partial charge in [0.1, 0.15) is 23.3 Å². The molecule has 3 aromatic heterocycles. The maximum atomic E-state index is 14.2. The van der Waals surface area contributed by atoms with Crippen molar-refractivity contribution in [1.29, 1.82) is 0 Å². The van der Waals surface area contributed by atoms with Crippen molar-refractivity contribution in [3.05, 3.63) is 167 Å². The highest BCUT2D eigenvalue weighted by atomic mass is 19.1. The van der Waals surface area contributed by atoms with Crippen LogP contribution >= 0.6 is 0 Å². The Bertz CT molecular complexity index is 2370. The van der Waals surface area contributed by atoms with E-state index in [-0.39, 0.29) is 23.3 Å². The molecule has 7 aromatic rings. The molecule has 250 valence electrons. The lowest BCUT2D eigenvalue weighted by Gasteiger charge is -2.07. The van der Waals surface area contributed by atoms with Crippen molar-refractivity contribution in [1.82, 2.24) is 19.9 Å². The summed E-state index contributed by atoms with van der Waals surface area (Å²) >= 11 is 0. The number of halogens is 4. The van der Waals surface area contributed by atoms with Gasteiger partial charge in [-0.1, -0.05) is 48.5 Å². The Hall–Kier alpha value is -6.80. The van der Waals surface area contributed by atoms with Gasteiger partial charge in [-0.15, -0.1) is 0 Å². The highest BCUT2D eigenvalue weighted by Gasteiger charge is 2.19. The molecule has 4 aromatic carbocycles. The zero-order valence-corrected chi connectivity index (χ0v) is 27.3. The van der Waals surface area contributed by atoms with Crippen LogP contribution in [0.5, 0.6) is 0 Å². The number of rotatable bonds is 4. The molecule has 9 rings (SSSR count). The summed E-state index contributed by atoms with van der Waals surface area (Å²) in [7, 11) is 0. The van der Waals surface area contributed by atoms with E-state index in [1.54, 1.807) is 48.5 Å². The monoisotopic (exact) mass is 686 g/mol. The van der Waals surface area contributed by atoms with Gasteiger partial charge in [0.05, 0.1) is 22.8 Å². The molecule has 8 bridgehead atoms. The molecule has 2 aliphatic rings.